The van der Waals surface area contributed by atoms with Crippen molar-refractivity contribution in [3.05, 3.63) is 0 Å². The molecule has 0 amide bonds. The van der Waals surface area contributed by atoms with Gasteiger partial charge in [-0.1, -0.05) is 0 Å². The molecule has 0 radical (unpaired) electrons. The molecule has 2 aliphatic rings. The maximum absolute atomic E-state index is 3.45. The normalized spacial score (nSPS) is 30.8. The predicted molar refractivity (Wildman–Crippen MR) is 68.7 cm³/mol. The van der Waals surface area contributed by atoms with Gasteiger partial charge in [0.2, 0.25) is 0 Å². The lowest BCUT2D eigenvalue weighted by molar-refractivity contribution is 0.0924. The first-order valence-corrected chi connectivity index (χ1v) is 6.89. The molecule has 2 saturated heterocycles. The van der Waals surface area contributed by atoms with E-state index in [2.05, 4.69) is 29.1 Å². The summed E-state index contributed by atoms with van der Waals surface area (Å²) in [6.07, 6.45) is 4.19. The van der Waals surface area contributed by atoms with Crippen LogP contribution in [0, 0.1) is 5.92 Å². The molecule has 2 aliphatic heterocycles. The molecule has 0 aromatic rings. The summed E-state index contributed by atoms with van der Waals surface area (Å²) in [4.78, 5) is 5.13. The summed E-state index contributed by atoms with van der Waals surface area (Å²) in [5.74, 6) is 0.980. The SMILES string of the molecule is CC1CN(C)CCN1CCC1CCNCC1. The van der Waals surface area contributed by atoms with Crippen LogP contribution in [0.25, 0.3) is 0 Å². The first-order chi connectivity index (χ1) is 7.75. The van der Waals surface area contributed by atoms with Crippen molar-refractivity contribution >= 4 is 0 Å². The molecule has 0 saturated carbocycles. The fourth-order valence-corrected chi connectivity index (χ4v) is 3.03. The van der Waals surface area contributed by atoms with E-state index in [1.54, 1.807) is 0 Å². The van der Waals surface area contributed by atoms with E-state index in [4.69, 9.17) is 0 Å². The highest BCUT2D eigenvalue weighted by Crippen LogP contribution is 2.18. The Kier molecular flexibility index (Phi) is 4.62. The number of piperidine rings is 1. The summed E-state index contributed by atoms with van der Waals surface area (Å²) in [5.41, 5.74) is 0. The Bertz CT molecular complexity index is 201. The van der Waals surface area contributed by atoms with Crippen molar-refractivity contribution in [2.75, 3.05) is 46.3 Å². The minimum absolute atomic E-state index is 0.750. The molecule has 1 atom stereocenters. The molecule has 1 N–H and O–H groups in total. The fourth-order valence-electron chi connectivity index (χ4n) is 3.03. The van der Waals surface area contributed by atoms with E-state index in [0.29, 0.717) is 0 Å². The van der Waals surface area contributed by atoms with Crippen LogP contribution in [0.15, 0.2) is 0 Å². The number of nitrogens with one attached hydrogen (secondary N) is 1. The smallest absolute Gasteiger partial charge is 0.0195 e. The van der Waals surface area contributed by atoms with Crippen LogP contribution in [0.3, 0.4) is 0 Å². The summed E-state index contributed by atoms with van der Waals surface area (Å²) in [7, 11) is 2.24. The first-order valence-electron chi connectivity index (χ1n) is 6.89. The third kappa shape index (κ3) is 3.44. The minimum Gasteiger partial charge on any atom is -0.317 e. The molecule has 3 heteroatoms. The summed E-state index contributed by atoms with van der Waals surface area (Å²) >= 11 is 0. The molecular formula is C13H27N3. The number of rotatable bonds is 3. The van der Waals surface area contributed by atoms with Gasteiger partial charge in [-0.25, -0.2) is 0 Å². The summed E-state index contributed by atoms with van der Waals surface area (Å²) in [6.45, 7) is 9.93. The highest BCUT2D eigenvalue weighted by molar-refractivity contribution is 4.78. The van der Waals surface area contributed by atoms with Gasteiger partial charge < -0.3 is 10.2 Å². The van der Waals surface area contributed by atoms with Gasteiger partial charge in [0.05, 0.1) is 0 Å². The van der Waals surface area contributed by atoms with Crippen LogP contribution < -0.4 is 5.32 Å². The van der Waals surface area contributed by atoms with Crippen LogP contribution in [0.4, 0.5) is 0 Å². The van der Waals surface area contributed by atoms with E-state index >= 15 is 0 Å². The van der Waals surface area contributed by atoms with Crippen LogP contribution in [0.5, 0.6) is 0 Å². The number of hydrogen-bond donors (Lipinski definition) is 1. The van der Waals surface area contributed by atoms with Crippen molar-refractivity contribution < 1.29 is 0 Å². The molecule has 2 heterocycles. The lowest BCUT2D eigenvalue weighted by atomic mass is 9.94. The highest BCUT2D eigenvalue weighted by atomic mass is 15.3. The highest BCUT2D eigenvalue weighted by Gasteiger charge is 2.22. The van der Waals surface area contributed by atoms with Gasteiger partial charge in [0.15, 0.2) is 0 Å². The number of piperazine rings is 1. The minimum atomic E-state index is 0.750. The molecule has 0 spiro atoms. The molecule has 0 aliphatic carbocycles. The number of hydrogen-bond acceptors (Lipinski definition) is 3. The molecule has 2 fully saturated rings. The average molecular weight is 225 g/mol. The van der Waals surface area contributed by atoms with Crippen molar-refractivity contribution in [2.45, 2.75) is 32.2 Å². The van der Waals surface area contributed by atoms with Crippen molar-refractivity contribution in [1.82, 2.24) is 15.1 Å². The summed E-state index contributed by atoms with van der Waals surface area (Å²) in [6, 6.07) is 0.750. The van der Waals surface area contributed by atoms with E-state index in [-0.39, 0.29) is 0 Å². The Balaban J connectivity index is 1.68. The van der Waals surface area contributed by atoms with Crippen molar-refractivity contribution in [3.8, 4) is 0 Å². The lowest BCUT2D eigenvalue weighted by Crippen LogP contribution is -2.50. The Morgan fingerprint density at radius 3 is 2.62 bits per heavy atom. The molecule has 94 valence electrons. The van der Waals surface area contributed by atoms with Crippen LogP contribution in [-0.2, 0) is 0 Å². The van der Waals surface area contributed by atoms with Crippen LogP contribution in [-0.4, -0.2) is 62.2 Å². The van der Waals surface area contributed by atoms with Gasteiger partial charge in [0.25, 0.3) is 0 Å². The van der Waals surface area contributed by atoms with Crippen LogP contribution in [0.2, 0.25) is 0 Å². The van der Waals surface area contributed by atoms with Gasteiger partial charge in [-0.05, 0) is 58.8 Å². The van der Waals surface area contributed by atoms with Gasteiger partial charge in [0, 0.05) is 25.7 Å². The summed E-state index contributed by atoms with van der Waals surface area (Å²) < 4.78 is 0. The monoisotopic (exact) mass is 225 g/mol. The number of nitrogens with zero attached hydrogens (tertiary/aromatic N) is 2. The lowest BCUT2D eigenvalue weighted by Gasteiger charge is -2.39. The van der Waals surface area contributed by atoms with Crippen molar-refractivity contribution in [1.29, 1.82) is 0 Å². The largest absolute Gasteiger partial charge is 0.317 e. The third-order valence-corrected chi connectivity index (χ3v) is 4.25. The average Bonchev–Trinajstić information content (AvgIpc) is 2.29. The first kappa shape index (κ1) is 12.3. The van der Waals surface area contributed by atoms with Gasteiger partial charge in [0.1, 0.15) is 0 Å². The molecule has 0 bridgehead atoms. The molecule has 3 nitrogen and oxygen atoms in total. The molecule has 16 heavy (non-hydrogen) atoms. The van der Waals surface area contributed by atoms with E-state index in [0.717, 1.165) is 12.0 Å². The maximum atomic E-state index is 3.45. The Morgan fingerprint density at radius 1 is 1.19 bits per heavy atom. The van der Waals surface area contributed by atoms with E-state index < -0.39 is 0 Å². The predicted octanol–water partition coefficient (Wildman–Crippen LogP) is 1.01. The maximum Gasteiger partial charge on any atom is 0.0195 e. The zero-order valence-electron chi connectivity index (χ0n) is 10.9. The number of likely N-dealkylation sites (N-methyl/N-ethyl adjacent to an activating group) is 1. The third-order valence-electron chi connectivity index (χ3n) is 4.25. The zero-order chi connectivity index (χ0) is 11.4. The van der Waals surface area contributed by atoms with Gasteiger partial charge >= 0.3 is 0 Å². The van der Waals surface area contributed by atoms with E-state index in [9.17, 15) is 0 Å². The second-order valence-electron chi connectivity index (χ2n) is 5.63. The zero-order valence-corrected chi connectivity index (χ0v) is 10.9. The van der Waals surface area contributed by atoms with Crippen molar-refractivity contribution in [2.24, 2.45) is 5.92 Å². The Labute approximate surface area is 100 Å². The second kappa shape index (κ2) is 5.99. The van der Waals surface area contributed by atoms with E-state index in [1.807, 2.05) is 0 Å². The molecule has 0 aromatic heterocycles. The molecular weight excluding hydrogens is 198 g/mol. The van der Waals surface area contributed by atoms with Gasteiger partial charge in [-0.15, -0.1) is 0 Å². The van der Waals surface area contributed by atoms with Crippen LogP contribution in [0.1, 0.15) is 26.2 Å². The second-order valence-corrected chi connectivity index (χ2v) is 5.63. The molecule has 2 rings (SSSR count). The molecule has 0 aromatic carbocycles. The topological polar surface area (TPSA) is 18.5 Å². The molecule has 1 unspecified atom stereocenters. The summed E-state index contributed by atoms with van der Waals surface area (Å²) in [5, 5.41) is 3.45. The fraction of sp³-hybridized carbons (Fsp3) is 1.00. The van der Waals surface area contributed by atoms with E-state index in [1.165, 1.54) is 58.5 Å². The Hall–Kier alpha value is -0.120. The van der Waals surface area contributed by atoms with Gasteiger partial charge in [-0.2, -0.15) is 0 Å². The Morgan fingerprint density at radius 2 is 1.94 bits per heavy atom. The standard InChI is InChI=1S/C13H27N3/c1-12-11-15(2)9-10-16(12)8-5-13-3-6-14-7-4-13/h12-14H,3-11H2,1-2H3. The van der Waals surface area contributed by atoms with Crippen molar-refractivity contribution in [3.63, 3.8) is 0 Å². The quantitative estimate of drug-likeness (QED) is 0.773. The van der Waals surface area contributed by atoms with Crippen LogP contribution >= 0.6 is 0 Å². The van der Waals surface area contributed by atoms with Gasteiger partial charge in [-0.3, -0.25) is 4.90 Å².